The summed E-state index contributed by atoms with van der Waals surface area (Å²) in [5, 5.41) is 20.0. The van der Waals surface area contributed by atoms with Gasteiger partial charge in [0.1, 0.15) is 11.6 Å². The zero-order valence-corrected chi connectivity index (χ0v) is 15.4. The summed E-state index contributed by atoms with van der Waals surface area (Å²) in [4.78, 5) is 12.1. The Labute approximate surface area is 160 Å². The van der Waals surface area contributed by atoms with Crippen LogP contribution < -0.4 is 15.8 Å². The van der Waals surface area contributed by atoms with Gasteiger partial charge in [-0.1, -0.05) is 23.2 Å². The van der Waals surface area contributed by atoms with Crippen LogP contribution in [-0.4, -0.2) is 14.3 Å². The molecule has 0 aliphatic heterocycles. The van der Waals surface area contributed by atoms with Gasteiger partial charge in [0.05, 0.1) is 15.6 Å². The van der Waals surface area contributed by atoms with Crippen LogP contribution in [0.3, 0.4) is 0 Å². The molecular formula is C16H12Cl2N4O3S. The fraction of sp³-hybridized carbons (Fsp3) is 0. The van der Waals surface area contributed by atoms with Crippen molar-refractivity contribution in [3.05, 3.63) is 64.3 Å². The van der Waals surface area contributed by atoms with Gasteiger partial charge in [0.15, 0.2) is 0 Å². The normalized spacial score (nSPS) is 11.5. The highest BCUT2D eigenvalue weighted by Gasteiger charge is 2.12. The van der Waals surface area contributed by atoms with E-state index in [9.17, 15) is 13.2 Å². The number of benzene rings is 2. The van der Waals surface area contributed by atoms with E-state index in [1.165, 1.54) is 42.6 Å². The summed E-state index contributed by atoms with van der Waals surface area (Å²) in [7, 11) is -3.79. The zero-order valence-electron chi connectivity index (χ0n) is 13.0. The average molecular weight is 411 g/mol. The Kier molecular flexibility index (Phi) is 6.23. The Morgan fingerprint density at radius 3 is 2.38 bits per heavy atom. The summed E-state index contributed by atoms with van der Waals surface area (Å²) in [6.45, 7) is 0. The molecular weight excluding hydrogens is 399 g/mol. The second-order valence-corrected chi connectivity index (χ2v) is 7.37. The molecule has 2 aromatic rings. The van der Waals surface area contributed by atoms with E-state index in [-0.39, 0.29) is 21.2 Å². The van der Waals surface area contributed by atoms with Gasteiger partial charge in [0, 0.05) is 16.9 Å². The minimum atomic E-state index is -3.79. The quantitative estimate of drug-likeness (QED) is 0.515. The monoisotopic (exact) mass is 410 g/mol. The molecule has 0 saturated heterocycles. The number of nitriles is 1. The van der Waals surface area contributed by atoms with Crippen LogP contribution in [0, 0.1) is 11.3 Å². The summed E-state index contributed by atoms with van der Waals surface area (Å²) in [5.41, 5.74) is 0.498. The summed E-state index contributed by atoms with van der Waals surface area (Å²) >= 11 is 11.8. The maximum absolute atomic E-state index is 12.2. The van der Waals surface area contributed by atoms with E-state index in [0.717, 1.165) is 0 Å². The number of rotatable bonds is 5. The number of nitrogens with zero attached hydrogens (tertiary/aromatic N) is 1. The van der Waals surface area contributed by atoms with E-state index in [1.54, 1.807) is 12.1 Å². The molecule has 26 heavy (non-hydrogen) atoms. The van der Waals surface area contributed by atoms with Gasteiger partial charge in [-0.25, -0.2) is 13.6 Å². The molecule has 7 nitrogen and oxygen atoms in total. The number of carbonyl (C=O) groups excluding carboxylic acids is 1. The number of primary sulfonamides is 1. The van der Waals surface area contributed by atoms with Gasteiger partial charge in [-0.3, -0.25) is 4.79 Å². The van der Waals surface area contributed by atoms with Crippen molar-refractivity contribution in [2.24, 2.45) is 5.14 Å². The second-order valence-electron chi connectivity index (χ2n) is 4.96. The fourth-order valence-corrected chi connectivity index (χ4v) is 2.68. The summed E-state index contributed by atoms with van der Waals surface area (Å²) in [6, 6.07) is 11.8. The van der Waals surface area contributed by atoms with Crippen LogP contribution in [0.2, 0.25) is 10.0 Å². The maximum Gasteiger partial charge on any atom is 0.267 e. The van der Waals surface area contributed by atoms with E-state index in [2.05, 4.69) is 10.6 Å². The number of hydrogen-bond acceptors (Lipinski definition) is 5. The molecule has 0 aliphatic rings. The van der Waals surface area contributed by atoms with E-state index in [0.29, 0.717) is 10.7 Å². The largest absolute Gasteiger partial charge is 0.360 e. The van der Waals surface area contributed by atoms with Crippen LogP contribution in [0.15, 0.2) is 59.1 Å². The molecule has 0 fully saturated rings. The molecule has 0 atom stereocenters. The predicted octanol–water partition coefficient (Wildman–Crippen LogP) is 3.10. The summed E-state index contributed by atoms with van der Waals surface area (Å²) in [5.74, 6) is -0.690. The lowest BCUT2D eigenvalue weighted by atomic mass is 10.2. The summed E-state index contributed by atoms with van der Waals surface area (Å²) < 4.78 is 22.4. The highest BCUT2D eigenvalue weighted by Crippen LogP contribution is 2.25. The van der Waals surface area contributed by atoms with Crippen molar-refractivity contribution in [3.8, 4) is 6.07 Å². The first kappa shape index (κ1) is 19.8. The first-order valence-corrected chi connectivity index (χ1v) is 9.27. The van der Waals surface area contributed by atoms with Crippen LogP contribution in [0.25, 0.3) is 0 Å². The van der Waals surface area contributed by atoms with E-state index >= 15 is 0 Å². The Morgan fingerprint density at radius 2 is 1.81 bits per heavy atom. The molecule has 0 bridgehead atoms. The molecule has 4 N–H and O–H groups in total. The lowest BCUT2D eigenvalue weighted by Crippen LogP contribution is -2.15. The van der Waals surface area contributed by atoms with Crippen molar-refractivity contribution >= 4 is 50.5 Å². The molecule has 0 saturated carbocycles. The van der Waals surface area contributed by atoms with Crippen LogP contribution in [0.1, 0.15) is 0 Å². The van der Waals surface area contributed by atoms with Crippen LogP contribution in [-0.2, 0) is 14.8 Å². The number of anilines is 2. The van der Waals surface area contributed by atoms with Crippen molar-refractivity contribution in [1.82, 2.24) is 0 Å². The average Bonchev–Trinajstić information content (AvgIpc) is 2.58. The van der Waals surface area contributed by atoms with Crippen LogP contribution in [0.5, 0.6) is 0 Å². The third-order valence-corrected chi connectivity index (χ3v) is 4.60. The van der Waals surface area contributed by atoms with E-state index in [4.69, 9.17) is 33.6 Å². The van der Waals surface area contributed by atoms with Crippen LogP contribution >= 0.6 is 23.2 Å². The minimum Gasteiger partial charge on any atom is -0.360 e. The second kappa shape index (κ2) is 8.21. The third-order valence-electron chi connectivity index (χ3n) is 3.11. The minimum absolute atomic E-state index is 0.0547. The van der Waals surface area contributed by atoms with Gasteiger partial charge < -0.3 is 10.6 Å². The molecule has 2 rings (SSSR count). The Hall–Kier alpha value is -2.57. The molecule has 0 unspecified atom stereocenters. The highest BCUT2D eigenvalue weighted by molar-refractivity contribution is 7.89. The van der Waals surface area contributed by atoms with E-state index in [1.807, 2.05) is 0 Å². The number of hydrogen-bond donors (Lipinski definition) is 3. The van der Waals surface area contributed by atoms with Crippen molar-refractivity contribution in [1.29, 1.82) is 5.26 Å². The van der Waals surface area contributed by atoms with Gasteiger partial charge in [0.25, 0.3) is 5.91 Å². The number of halogens is 2. The molecule has 0 aromatic heterocycles. The van der Waals surface area contributed by atoms with Gasteiger partial charge in [-0.15, -0.1) is 0 Å². The Bertz CT molecular complexity index is 1010. The Morgan fingerprint density at radius 1 is 1.15 bits per heavy atom. The number of sulfonamides is 1. The van der Waals surface area contributed by atoms with Crippen molar-refractivity contribution < 1.29 is 13.2 Å². The smallest absolute Gasteiger partial charge is 0.267 e. The SMILES string of the molecule is N#C/C(=C/Nc1ccc(S(N)(=O)=O)cc1)C(=O)Nc1cc(Cl)ccc1Cl. The van der Waals surface area contributed by atoms with Crippen molar-refractivity contribution in [2.45, 2.75) is 4.90 Å². The Balaban J connectivity index is 2.13. The predicted molar refractivity (Wildman–Crippen MR) is 100 cm³/mol. The lowest BCUT2D eigenvalue weighted by Gasteiger charge is -2.07. The maximum atomic E-state index is 12.2. The van der Waals surface area contributed by atoms with E-state index < -0.39 is 15.9 Å². The topological polar surface area (TPSA) is 125 Å². The lowest BCUT2D eigenvalue weighted by molar-refractivity contribution is -0.112. The molecule has 10 heteroatoms. The fourth-order valence-electron chi connectivity index (χ4n) is 1.83. The number of carbonyl (C=O) groups is 1. The first-order chi connectivity index (χ1) is 12.2. The molecule has 134 valence electrons. The molecule has 0 radical (unpaired) electrons. The zero-order chi connectivity index (χ0) is 19.3. The van der Waals surface area contributed by atoms with Crippen molar-refractivity contribution in [2.75, 3.05) is 10.6 Å². The molecule has 0 spiro atoms. The third kappa shape index (κ3) is 5.21. The van der Waals surface area contributed by atoms with Gasteiger partial charge >= 0.3 is 0 Å². The highest BCUT2D eigenvalue weighted by atomic mass is 35.5. The van der Waals surface area contributed by atoms with Gasteiger partial charge in [-0.2, -0.15) is 5.26 Å². The standard InChI is InChI=1S/C16H12Cl2N4O3S/c17-11-1-6-14(18)15(7-11)22-16(23)10(8-19)9-21-12-2-4-13(5-3-12)26(20,24)25/h1-7,9,21H,(H,22,23)(H2,20,24,25)/b10-9-. The number of amides is 1. The molecule has 0 aliphatic carbocycles. The number of nitrogens with one attached hydrogen (secondary N) is 2. The molecule has 2 aromatic carbocycles. The van der Waals surface area contributed by atoms with Gasteiger partial charge in [-0.05, 0) is 42.5 Å². The molecule has 1 amide bonds. The summed E-state index contributed by atoms with van der Waals surface area (Å²) in [6.07, 6.45) is 1.18. The number of nitrogens with two attached hydrogens (primary N) is 1. The van der Waals surface area contributed by atoms with Gasteiger partial charge in [0.2, 0.25) is 10.0 Å². The van der Waals surface area contributed by atoms with Crippen LogP contribution in [0.4, 0.5) is 11.4 Å². The van der Waals surface area contributed by atoms with Crippen molar-refractivity contribution in [3.63, 3.8) is 0 Å². The first-order valence-electron chi connectivity index (χ1n) is 6.97. The molecule has 0 heterocycles.